The normalized spacial score (nSPS) is 16.3. The second-order valence-corrected chi connectivity index (χ2v) is 3.89. The molecule has 1 unspecified atom stereocenters. The van der Waals surface area contributed by atoms with Crippen LogP contribution in [-0.2, 0) is 4.79 Å². The SMILES string of the molecule is C#CCNC(=O)COc1ccc2c(c1)OCC2N. The molecule has 0 radical (unpaired) electrons. The molecule has 3 N–H and O–H groups in total. The van der Waals surface area contributed by atoms with Crippen molar-refractivity contribution in [3.05, 3.63) is 23.8 Å². The Labute approximate surface area is 105 Å². The molecule has 0 fully saturated rings. The van der Waals surface area contributed by atoms with E-state index in [0.29, 0.717) is 18.1 Å². The van der Waals surface area contributed by atoms with E-state index in [4.69, 9.17) is 21.6 Å². The van der Waals surface area contributed by atoms with Gasteiger partial charge in [0.1, 0.15) is 18.1 Å². The molecule has 1 amide bonds. The summed E-state index contributed by atoms with van der Waals surface area (Å²) in [6.07, 6.45) is 5.02. The fourth-order valence-electron chi connectivity index (χ4n) is 1.65. The number of carbonyl (C=O) groups excluding carboxylic acids is 1. The molecule has 0 saturated carbocycles. The summed E-state index contributed by atoms with van der Waals surface area (Å²) in [7, 11) is 0. The molecule has 0 spiro atoms. The minimum Gasteiger partial charge on any atom is -0.491 e. The molecule has 0 bridgehead atoms. The van der Waals surface area contributed by atoms with Gasteiger partial charge in [-0.25, -0.2) is 0 Å². The third-order valence-electron chi connectivity index (χ3n) is 2.56. The number of ether oxygens (including phenoxy) is 2. The van der Waals surface area contributed by atoms with E-state index in [1.165, 1.54) is 0 Å². The molecular weight excluding hydrogens is 232 g/mol. The average Bonchev–Trinajstić information content (AvgIpc) is 2.75. The van der Waals surface area contributed by atoms with E-state index >= 15 is 0 Å². The highest BCUT2D eigenvalue weighted by Crippen LogP contribution is 2.33. The number of carbonyl (C=O) groups is 1. The van der Waals surface area contributed by atoms with Gasteiger partial charge in [-0.2, -0.15) is 0 Å². The third kappa shape index (κ3) is 2.73. The van der Waals surface area contributed by atoms with Crippen molar-refractivity contribution in [1.29, 1.82) is 0 Å². The van der Waals surface area contributed by atoms with Crippen molar-refractivity contribution >= 4 is 5.91 Å². The van der Waals surface area contributed by atoms with Crippen LogP contribution in [0.1, 0.15) is 11.6 Å². The largest absolute Gasteiger partial charge is 0.491 e. The summed E-state index contributed by atoms with van der Waals surface area (Å²) < 4.78 is 10.7. The Balaban J connectivity index is 1.91. The highest BCUT2D eigenvalue weighted by atomic mass is 16.5. The number of rotatable bonds is 4. The molecular formula is C13H14N2O3. The molecule has 0 aromatic heterocycles. The summed E-state index contributed by atoms with van der Waals surface area (Å²) in [4.78, 5) is 11.3. The van der Waals surface area contributed by atoms with Gasteiger partial charge >= 0.3 is 0 Å². The van der Waals surface area contributed by atoms with Gasteiger partial charge in [-0.05, 0) is 12.1 Å². The third-order valence-corrected chi connectivity index (χ3v) is 2.56. The Bertz CT molecular complexity index is 493. The molecule has 1 aromatic carbocycles. The van der Waals surface area contributed by atoms with Crippen LogP contribution in [0.25, 0.3) is 0 Å². The number of amides is 1. The molecule has 1 atom stereocenters. The Morgan fingerprint density at radius 1 is 1.67 bits per heavy atom. The minimum absolute atomic E-state index is 0.0769. The smallest absolute Gasteiger partial charge is 0.258 e. The number of fused-ring (bicyclic) bond motifs is 1. The van der Waals surface area contributed by atoms with Gasteiger partial charge in [-0.1, -0.05) is 5.92 Å². The van der Waals surface area contributed by atoms with Crippen molar-refractivity contribution in [2.75, 3.05) is 19.8 Å². The fourth-order valence-corrected chi connectivity index (χ4v) is 1.65. The van der Waals surface area contributed by atoms with E-state index in [-0.39, 0.29) is 25.1 Å². The summed E-state index contributed by atoms with van der Waals surface area (Å²) in [6, 6.07) is 5.26. The second-order valence-electron chi connectivity index (χ2n) is 3.89. The zero-order valence-corrected chi connectivity index (χ0v) is 9.81. The van der Waals surface area contributed by atoms with Gasteiger partial charge in [0.15, 0.2) is 6.61 Å². The molecule has 94 valence electrons. The van der Waals surface area contributed by atoms with Crippen LogP contribution in [0.4, 0.5) is 0 Å². The van der Waals surface area contributed by atoms with Crippen LogP contribution in [0.2, 0.25) is 0 Å². The number of hydrogen-bond acceptors (Lipinski definition) is 4. The maximum Gasteiger partial charge on any atom is 0.258 e. The van der Waals surface area contributed by atoms with Gasteiger partial charge in [-0.3, -0.25) is 4.79 Å². The standard InChI is InChI=1S/C13H14N2O3/c1-2-5-15-13(16)8-17-9-3-4-10-11(14)7-18-12(10)6-9/h1,3-4,6,11H,5,7-8,14H2,(H,15,16). The lowest BCUT2D eigenvalue weighted by Gasteiger charge is -2.07. The lowest BCUT2D eigenvalue weighted by atomic mass is 10.1. The summed E-state index contributed by atoms with van der Waals surface area (Å²) in [5.74, 6) is 3.34. The van der Waals surface area contributed by atoms with Crippen LogP contribution in [-0.4, -0.2) is 25.7 Å². The van der Waals surface area contributed by atoms with Crippen molar-refractivity contribution in [1.82, 2.24) is 5.32 Å². The predicted molar refractivity (Wildman–Crippen MR) is 66.2 cm³/mol. The molecule has 5 nitrogen and oxygen atoms in total. The van der Waals surface area contributed by atoms with Gasteiger partial charge in [0.05, 0.1) is 12.6 Å². The molecule has 1 aromatic rings. The van der Waals surface area contributed by atoms with Crippen molar-refractivity contribution < 1.29 is 14.3 Å². The number of benzene rings is 1. The maximum absolute atomic E-state index is 11.3. The molecule has 18 heavy (non-hydrogen) atoms. The zero-order valence-electron chi connectivity index (χ0n) is 9.81. The van der Waals surface area contributed by atoms with Gasteiger partial charge < -0.3 is 20.5 Å². The van der Waals surface area contributed by atoms with Crippen molar-refractivity contribution in [3.8, 4) is 23.8 Å². The monoisotopic (exact) mass is 246 g/mol. The summed E-state index contributed by atoms with van der Waals surface area (Å²) in [6.45, 7) is 0.596. The molecule has 5 heteroatoms. The Morgan fingerprint density at radius 2 is 2.50 bits per heavy atom. The van der Waals surface area contributed by atoms with E-state index < -0.39 is 0 Å². The molecule has 1 aliphatic rings. The Kier molecular flexibility index (Phi) is 3.70. The van der Waals surface area contributed by atoms with E-state index in [2.05, 4.69) is 11.2 Å². The zero-order chi connectivity index (χ0) is 13.0. The summed E-state index contributed by atoms with van der Waals surface area (Å²) in [5, 5.41) is 2.51. The predicted octanol–water partition coefficient (Wildman–Crippen LogP) is 0.207. The van der Waals surface area contributed by atoms with E-state index in [9.17, 15) is 4.79 Å². The average molecular weight is 246 g/mol. The molecule has 0 aliphatic carbocycles. The van der Waals surface area contributed by atoms with Gasteiger partial charge in [-0.15, -0.1) is 6.42 Å². The first kappa shape index (κ1) is 12.3. The Morgan fingerprint density at radius 3 is 3.28 bits per heavy atom. The number of nitrogens with two attached hydrogens (primary N) is 1. The topological polar surface area (TPSA) is 73.6 Å². The maximum atomic E-state index is 11.3. The van der Waals surface area contributed by atoms with Crippen LogP contribution in [0.3, 0.4) is 0 Å². The first-order chi connectivity index (χ1) is 8.70. The Hall–Kier alpha value is -2.19. The highest BCUT2D eigenvalue weighted by molar-refractivity contribution is 5.77. The van der Waals surface area contributed by atoms with Crippen LogP contribution >= 0.6 is 0 Å². The van der Waals surface area contributed by atoms with Crippen LogP contribution in [0.5, 0.6) is 11.5 Å². The van der Waals surface area contributed by atoms with Crippen molar-refractivity contribution in [2.45, 2.75) is 6.04 Å². The second kappa shape index (κ2) is 5.43. The molecule has 0 saturated heterocycles. The van der Waals surface area contributed by atoms with Gasteiger partial charge in [0.25, 0.3) is 5.91 Å². The van der Waals surface area contributed by atoms with E-state index in [1.807, 2.05) is 6.07 Å². The van der Waals surface area contributed by atoms with Crippen molar-refractivity contribution in [2.24, 2.45) is 5.73 Å². The van der Waals surface area contributed by atoms with Crippen molar-refractivity contribution in [3.63, 3.8) is 0 Å². The molecule has 1 aliphatic heterocycles. The lowest BCUT2D eigenvalue weighted by Crippen LogP contribution is -2.29. The first-order valence-electron chi connectivity index (χ1n) is 5.56. The summed E-state index contributed by atoms with van der Waals surface area (Å²) >= 11 is 0. The molecule has 2 rings (SSSR count). The quantitative estimate of drug-likeness (QED) is 0.745. The van der Waals surface area contributed by atoms with Crippen LogP contribution in [0.15, 0.2) is 18.2 Å². The minimum atomic E-state index is -0.258. The van der Waals surface area contributed by atoms with E-state index in [1.54, 1.807) is 12.1 Å². The molecule has 1 heterocycles. The number of nitrogens with one attached hydrogen (secondary N) is 1. The lowest BCUT2D eigenvalue weighted by molar-refractivity contribution is -0.122. The fraction of sp³-hybridized carbons (Fsp3) is 0.308. The van der Waals surface area contributed by atoms with E-state index in [0.717, 1.165) is 5.56 Å². The van der Waals surface area contributed by atoms with Gasteiger partial charge in [0, 0.05) is 11.6 Å². The first-order valence-corrected chi connectivity index (χ1v) is 5.56. The van der Waals surface area contributed by atoms with Crippen LogP contribution < -0.4 is 20.5 Å². The summed E-state index contributed by atoms with van der Waals surface area (Å²) in [5.41, 5.74) is 6.78. The number of terminal acetylenes is 1. The highest BCUT2D eigenvalue weighted by Gasteiger charge is 2.20. The number of hydrogen-bond donors (Lipinski definition) is 2. The van der Waals surface area contributed by atoms with Crippen LogP contribution in [0, 0.1) is 12.3 Å². The van der Waals surface area contributed by atoms with Gasteiger partial charge in [0.2, 0.25) is 0 Å².